The van der Waals surface area contributed by atoms with Gasteiger partial charge in [-0.3, -0.25) is 4.99 Å². The van der Waals surface area contributed by atoms with Gasteiger partial charge in [-0.05, 0) is 64.3 Å². The van der Waals surface area contributed by atoms with Gasteiger partial charge in [0.25, 0.3) is 0 Å². The molecule has 6 nitrogen and oxygen atoms in total. The van der Waals surface area contributed by atoms with Crippen LogP contribution in [0.15, 0.2) is 27.8 Å². The number of nitrogens with zero attached hydrogens (tertiary/aromatic N) is 2. The first-order chi connectivity index (χ1) is 13.3. The zero-order chi connectivity index (χ0) is 18.7. The van der Waals surface area contributed by atoms with Gasteiger partial charge < -0.3 is 24.7 Å². The Kier molecular flexibility index (Phi) is 11.3. The van der Waals surface area contributed by atoms with E-state index in [9.17, 15) is 0 Å². The number of aliphatic imine (C=N–C) groups is 1. The molecule has 160 valence electrons. The highest BCUT2D eigenvalue weighted by Crippen LogP contribution is 2.14. The first-order valence-electron chi connectivity index (χ1n) is 10.7. The topological polar surface area (TPSA) is 62.0 Å². The van der Waals surface area contributed by atoms with Crippen molar-refractivity contribution in [3.8, 4) is 0 Å². The van der Waals surface area contributed by atoms with Crippen molar-refractivity contribution < 1.29 is 9.15 Å². The fraction of sp³-hybridized carbons (Fsp3) is 0.762. The number of piperidine rings is 1. The summed E-state index contributed by atoms with van der Waals surface area (Å²) < 4.78 is 11.1. The number of nitrogens with one attached hydrogen (secondary N) is 2. The van der Waals surface area contributed by atoms with Crippen LogP contribution in [0.1, 0.15) is 51.2 Å². The van der Waals surface area contributed by atoms with Crippen LogP contribution < -0.4 is 10.6 Å². The molecule has 1 aromatic rings. The Morgan fingerprint density at radius 1 is 1.21 bits per heavy atom. The van der Waals surface area contributed by atoms with E-state index in [1.807, 2.05) is 12.1 Å². The molecule has 2 atom stereocenters. The standard InChI is InChI=1S/C21H36N4O2.HI/c1-18(25-13-3-2-4-14-25)9-11-22-21(24-17-20-8-6-16-27-20)23-12-10-19-7-5-15-26-19;/h5,7,15,18,20H,2-4,6,8-14,16-17H2,1H3,(H2,22,23,24);1H. The molecule has 0 aliphatic carbocycles. The van der Waals surface area contributed by atoms with E-state index < -0.39 is 0 Å². The van der Waals surface area contributed by atoms with Gasteiger partial charge in [-0.25, -0.2) is 0 Å². The summed E-state index contributed by atoms with van der Waals surface area (Å²) in [5.74, 6) is 1.89. The van der Waals surface area contributed by atoms with Gasteiger partial charge in [-0.15, -0.1) is 24.0 Å². The molecule has 0 saturated carbocycles. The third-order valence-corrected chi connectivity index (χ3v) is 5.59. The second-order valence-electron chi connectivity index (χ2n) is 7.74. The lowest BCUT2D eigenvalue weighted by molar-refractivity contribution is 0.117. The average molecular weight is 504 g/mol. The Labute approximate surface area is 186 Å². The molecule has 3 rings (SSSR count). The molecule has 2 aliphatic rings. The second-order valence-corrected chi connectivity index (χ2v) is 7.74. The first kappa shape index (κ1) is 23.5. The van der Waals surface area contributed by atoms with Crippen molar-refractivity contribution in [2.45, 2.75) is 64.0 Å². The number of halogens is 1. The van der Waals surface area contributed by atoms with E-state index in [1.54, 1.807) is 6.26 Å². The number of likely N-dealkylation sites (tertiary alicyclic amines) is 1. The number of furan rings is 1. The van der Waals surface area contributed by atoms with Gasteiger partial charge in [0.05, 0.1) is 18.9 Å². The van der Waals surface area contributed by atoms with Crippen LogP contribution >= 0.6 is 24.0 Å². The molecule has 3 heterocycles. The van der Waals surface area contributed by atoms with Crippen LogP contribution in [0.2, 0.25) is 0 Å². The summed E-state index contributed by atoms with van der Waals surface area (Å²) in [5.41, 5.74) is 0. The van der Waals surface area contributed by atoms with E-state index in [0.717, 1.165) is 63.6 Å². The summed E-state index contributed by atoms with van der Waals surface area (Å²) in [6.45, 7) is 8.22. The van der Waals surface area contributed by atoms with Gasteiger partial charge in [0, 0.05) is 32.2 Å². The molecule has 2 fully saturated rings. The van der Waals surface area contributed by atoms with Gasteiger partial charge in [0.1, 0.15) is 5.76 Å². The van der Waals surface area contributed by atoms with E-state index >= 15 is 0 Å². The lowest BCUT2D eigenvalue weighted by Crippen LogP contribution is -2.43. The van der Waals surface area contributed by atoms with E-state index in [1.165, 1.54) is 32.4 Å². The van der Waals surface area contributed by atoms with Gasteiger partial charge in [0.15, 0.2) is 5.96 Å². The lowest BCUT2D eigenvalue weighted by Gasteiger charge is -2.32. The zero-order valence-corrected chi connectivity index (χ0v) is 19.5. The number of hydrogen-bond acceptors (Lipinski definition) is 4. The molecule has 28 heavy (non-hydrogen) atoms. The van der Waals surface area contributed by atoms with Crippen molar-refractivity contribution in [3.05, 3.63) is 24.2 Å². The monoisotopic (exact) mass is 504 g/mol. The molecule has 2 aliphatic heterocycles. The summed E-state index contributed by atoms with van der Waals surface area (Å²) >= 11 is 0. The average Bonchev–Trinajstić information content (AvgIpc) is 3.40. The van der Waals surface area contributed by atoms with Crippen molar-refractivity contribution in [2.24, 2.45) is 4.99 Å². The molecule has 2 saturated heterocycles. The van der Waals surface area contributed by atoms with E-state index in [0.29, 0.717) is 6.04 Å². The molecule has 2 unspecified atom stereocenters. The molecule has 7 heteroatoms. The number of hydrogen-bond donors (Lipinski definition) is 2. The van der Waals surface area contributed by atoms with Crippen LogP contribution in [0.5, 0.6) is 0 Å². The number of ether oxygens (including phenoxy) is 1. The van der Waals surface area contributed by atoms with Crippen LogP contribution in [0.3, 0.4) is 0 Å². The Bertz CT molecular complexity index is 541. The van der Waals surface area contributed by atoms with Crippen LogP contribution in [-0.4, -0.2) is 62.3 Å². The molecular formula is C21H37IN4O2. The highest BCUT2D eigenvalue weighted by atomic mass is 127. The summed E-state index contributed by atoms with van der Waals surface area (Å²) in [4.78, 5) is 7.38. The first-order valence-corrected chi connectivity index (χ1v) is 10.7. The minimum absolute atomic E-state index is 0. The van der Waals surface area contributed by atoms with E-state index in [4.69, 9.17) is 14.1 Å². The second kappa shape index (κ2) is 13.4. The Morgan fingerprint density at radius 3 is 2.75 bits per heavy atom. The van der Waals surface area contributed by atoms with Crippen LogP contribution in [0.25, 0.3) is 0 Å². The summed E-state index contributed by atoms with van der Waals surface area (Å²) in [5, 5.41) is 6.96. The van der Waals surface area contributed by atoms with Crippen LogP contribution in [0.4, 0.5) is 0 Å². The highest BCUT2D eigenvalue weighted by Gasteiger charge is 2.17. The van der Waals surface area contributed by atoms with Crippen molar-refractivity contribution in [3.63, 3.8) is 0 Å². The fourth-order valence-corrected chi connectivity index (χ4v) is 3.86. The van der Waals surface area contributed by atoms with Gasteiger partial charge in [-0.1, -0.05) is 6.42 Å². The third kappa shape index (κ3) is 8.29. The summed E-state index contributed by atoms with van der Waals surface area (Å²) in [6, 6.07) is 4.57. The van der Waals surface area contributed by atoms with Crippen molar-refractivity contribution in [1.82, 2.24) is 15.5 Å². The van der Waals surface area contributed by atoms with Gasteiger partial charge >= 0.3 is 0 Å². The van der Waals surface area contributed by atoms with Gasteiger partial charge in [-0.2, -0.15) is 0 Å². The number of rotatable bonds is 9. The predicted molar refractivity (Wildman–Crippen MR) is 125 cm³/mol. The minimum Gasteiger partial charge on any atom is -0.469 e. The predicted octanol–water partition coefficient (Wildman–Crippen LogP) is 3.42. The maximum atomic E-state index is 5.70. The van der Waals surface area contributed by atoms with Crippen molar-refractivity contribution in [2.75, 3.05) is 39.3 Å². The van der Waals surface area contributed by atoms with Crippen molar-refractivity contribution >= 4 is 29.9 Å². The SMILES string of the molecule is CC(CCNC(=NCC1CCCO1)NCCc1ccco1)N1CCCCC1.I. The fourth-order valence-electron chi connectivity index (χ4n) is 3.86. The molecular weight excluding hydrogens is 467 g/mol. The zero-order valence-electron chi connectivity index (χ0n) is 17.2. The molecule has 0 aromatic carbocycles. The lowest BCUT2D eigenvalue weighted by atomic mass is 10.1. The van der Waals surface area contributed by atoms with Crippen molar-refractivity contribution in [1.29, 1.82) is 0 Å². The van der Waals surface area contributed by atoms with E-state index in [-0.39, 0.29) is 30.1 Å². The normalized spacial score (nSPS) is 21.9. The van der Waals surface area contributed by atoms with Crippen LogP contribution in [0, 0.1) is 0 Å². The largest absolute Gasteiger partial charge is 0.469 e. The maximum absolute atomic E-state index is 5.70. The molecule has 1 aromatic heterocycles. The minimum atomic E-state index is 0. The maximum Gasteiger partial charge on any atom is 0.191 e. The number of guanidine groups is 1. The Hall–Kier alpha value is -0.800. The third-order valence-electron chi connectivity index (χ3n) is 5.59. The molecule has 0 bridgehead atoms. The highest BCUT2D eigenvalue weighted by molar-refractivity contribution is 14.0. The summed E-state index contributed by atoms with van der Waals surface area (Å²) in [6.07, 6.45) is 10.4. The smallest absolute Gasteiger partial charge is 0.191 e. The molecule has 0 radical (unpaired) electrons. The summed E-state index contributed by atoms with van der Waals surface area (Å²) in [7, 11) is 0. The Morgan fingerprint density at radius 2 is 2.04 bits per heavy atom. The van der Waals surface area contributed by atoms with E-state index in [2.05, 4.69) is 22.5 Å². The van der Waals surface area contributed by atoms with Gasteiger partial charge in [0.2, 0.25) is 0 Å². The van der Waals surface area contributed by atoms with Crippen LogP contribution in [-0.2, 0) is 11.2 Å². The molecule has 2 N–H and O–H groups in total. The molecule has 0 amide bonds. The Balaban J connectivity index is 0.00000280. The quantitative estimate of drug-likeness (QED) is 0.307. The molecule has 0 spiro atoms.